The van der Waals surface area contributed by atoms with E-state index < -0.39 is 30.7 Å². The standard InChI is InChI=1S/C26H25F4N5O3S/c1-37-20-8-3-2-5-15(20)25(36)32-13-21-34-24(35-38-21)23-16(11-26(28,29)30)14-6-4-7-19(22(14)39-23)33-18-9-10-31-12-17(18)27/h2-8,17-18,31,33H,9-13H2,1H3,(H,32,36)/t17-,18+/m0/s1. The number of anilines is 1. The number of rotatable bonds is 8. The number of halogens is 4. The molecule has 2 aromatic carbocycles. The molecule has 1 aliphatic heterocycles. The summed E-state index contributed by atoms with van der Waals surface area (Å²) in [6.45, 7) is 0.716. The number of benzene rings is 2. The first-order valence-corrected chi connectivity index (χ1v) is 13.0. The molecule has 3 N–H and O–H groups in total. The van der Waals surface area contributed by atoms with Gasteiger partial charge in [0.1, 0.15) is 11.9 Å². The number of alkyl halides is 4. The molecule has 206 valence electrons. The first-order chi connectivity index (χ1) is 18.7. The van der Waals surface area contributed by atoms with Crippen LogP contribution in [-0.4, -0.2) is 54.6 Å². The highest BCUT2D eigenvalue weighted by atomic mass is 32.1. The van der Waals surface area contributed by atoms with Gasteiger partial charge >= 0.3 is 6.18 Å². The summed E-state index contributed by atoms with van der Waals surface area (Å²) in [7, 11) is 1.45. The molecule has 1 aliphatic rings. The summed E-state index contributed by atoms with van der Waals surface area (Å²) < 4.78 is 66.3. The number of nitrogens with one attached hydrogen (secondary N) is 3. The lowest BCUT2D eigenvalue weighted by Gasteiger charge is -2.28. The second-order valence-corrected chi connectivity index (χ2v) is 10.1. The minimum Gasteiger partial charge on any atom is -0.496 e. The molecule has 0 bridgehead atoms. The smallest absolute Gasteiger partial charge is 0.393 e. The fraction of sp³-hybridized carbons (Fsp3) is 0.346. The highest BCUT2D eigenvalue weighted by Crippen LogP contribution is 2.43. The van der Waals surface area contributed by atoms with Crippen LogP contribution in [0.4, 0.5) is 23.2 Å². The Kier molecular flexibility index (Phi) is 7.71. The van der Waals surface area contributed by atoms with Crippen LogP contribution in [0.15, 0.2) is 47.0 Å². The van der Waals surface area contributed by atoms with E-state index in [0.717, 1.165) is 11.3 Å². The number of piperidine rings is 1. The summed E-state index contributed by atoms with van der Waals surface area (Å²) in [6.07, 6.45) is -6.27. The van der Waals surface area contributed by atoms with Crippen molar-refractivity contribution < 1.29 is 31.6 Å². The van der Waals surface area contributed by atoms with Gasteiger partial charge in [-0.3, -0.25) is 4.79 Å². The van der Waals surface area contributed by atoms with Crippen molar-refractivity contribution in [1.29, 1.82) is 0 Å². The minimum absolute atomic E-state index is 0.0127. The van der Waals surface area contributed by atoms with Crippen molar-refractivity contribution in [3.63, 3.8) is 0 Å². The van der Waals surface area contributed by atoms with Gasteiger partial charge in [0.05, 0.1) is 46.9 Å². The average molecular weight is 564 g/mol. The minimum atomic E-state index is -4.49. The number of hydrogen-bond donors (Lipinski definition) is 3. The number of nitrogens with zero attached hydrogens (tertiary/aromatic N) is 2. The van der Waals surface area contributed by atoms with E-state index in [9.17, 15) is 22.4 Å². The van der Waals surface area contributed by atoms with Crippen LogP contribution in [0.2, 0.25) is 0 Å². The van der Waals surface area contributed by atoms with Crippen LogP contribution < -0.4 is 20.7 Å². The predicted octanol–water partition coefficient (Wildman–Crippen LogP) is 5.11. The van der Waals surface area contributed by atoms with Crippen LogP contribution >= 0.6 is 11.3 Å². The summed E-state index contributed by atoms with van der Waals surface area (Å²) >= 11 is 1.08. The quantitative estimate of drug-likeness (QED) is 0.256. The van der Waals surface area contributed by atoms with E-state index in [-0.39, 0.29) is 35.2 Å². The Morgan fingerprint density at radius 2 is 2.05 bits per heavy atom. The van der Waals surface area contributed by atoms with Crippen molar-refractivity contribution in [1.82, 2.24) is 20.8 Å². The molecule has 39 heavy (non-hydrogen) atoms. The Bertz CT molecular complexity index is 1470. The van der Waals surface area contributed by atoms with E-state index >= 15 is 0 Å². The van der Waals surface area contributed by atoms with Gasteiger partial charge in [0, 0.05) is 6.54 Å². The highest BCUT2D eigenvalue weighted by molar-refractivity contribution is 7.23. The summed E-state index contributed by atoms with van der Waals surface area (Å²) in [5, 5.41) is 13.1. The first kappa shape index (κ1) is 26.9. The van der Waals surface area contributed by atoms with Gasteiger partial charge in [-0.05, 0) is 42.1 Å². The number of para-hydroxylation sites is 1. The molecule has 3 heterocycles. The van der Waals surface area contributed by atoms with Crippen molar-refractivity contribution in [2.75, 3.05) is 25.5 Å². The SMILES string of the molecule is COc1ccccc1C(=O)NCc1nc(-c2sc3c(N[C@@H]4CCNC[C@@H]4F)cccc3c2CC(F)(F)F)no1. The molecule has 2 aromatic heterocycles. The average Bonchev–Trinajstić information content (AvgIpc) is 3.53. The van der Waals surface area contributed by atoms with Crippen molar-refractivity contribution in [3.05, 3.63) is 59.5 Å². The van der Waals surface area contributed by atoms with Crippen LogP contribution in [-0.2, 0) is 13.0 Å². The number of methoxy groups -OCH3 is 1. The normalized spacial score (nSPS) is 17.8. The molecule has 2 atom stereocenters. The monoisotopic (exact) mass is 563 g/mol. The number of hydrogen-bond acceptors (Lipinski definition) is 8. The van der Waals surface area contributed by atoms with Gasteiger partial charge in [-0.15, -0.1) is 11.3 Å². The van der Waals surface area contributed by atoms with Crippen molar-refractivity contribution >= 4 is 33.0 Å². The van der Waals surface area contributed by atoms with E-state index in [0.29, 0.717) is 40.1 Å². The molecule has 0 aliphatic carbocycles. The number of aromatic nitrogens is 2. The fourth-order valence-electron chi connectivity index (χ4n) is 4.53. The van der Waals surface area contributed by atoms with Crippen molar-refractivity contribution in [2.45, 2.75) is 37.8 Å². The zero-order valence-corrected chi connectivity index (χ0v) is 21.6. The second kappa shape index (κ2) is 11.2. The Morgan fingerprint density at radius 3 is 2.82 bits per heavy atom. The van der Waals surface area contributed by atoms with Crippen LogP contribution in [0.5, 0.6) is 5.75 Å². The number of ether oxygens (including phenoxy) is 1. The number of carbonyl (C=O) groups excluding carboxylic acids is 1. The zero-order valence-electron chi connectivity index (χ0n) is 20.8. The lowest BCUT2D eigenvalue weighted by atomic mass is 10.0. The summed E-state index contributed by atoms with van der Waals surface area (Å²) in [4.78, 5) is 17.0. The second-order valence-electron chi connectivity index (χ2n) is 9.04. The Balaban J connectivity index is 1.43. The lowest BCUT2D eigenvalue weighted by Crippen LogP contribution is -2.45. The van der Waals surface area contributed by atoms with Gasteiger partial charge < -0.3 is 25.2 Å². The molecule has 1 amide bonds. The molecule has 0 radical (unpaired) electrons. The molecule has 0 saturated carbocycles. The third-order valence-corrected chi connectivity index (χ3v) is 7.64. The van der Waals surface area contributed by atoms with E-state index in [1.165, 1.54) is 7.11 Å². The predicted molar refractivity (Wildman–Crippen MR) is 139 cm³/mol. The first-order valence-electron chi connectivity index (χ1n) is 12.2. The van der Waals surface area contributed by atoms with Gasteiger partial charge in [-0.2, -0.15) is 18.2 Å². The van der Waals surface area contributed by atoms with Crippen LogP contribution in [0, 0.1) is 0 Å². The number of amides is 1. The Labute approximate surface area is 224 Å². The van der Waals surface area contributed by atoms with Crippen LogP contribution in [0.3, 0.4) is 0 Å². The molecule has 0 unspecified atom stereocenters. The van der Waals surface area contributed by atoms with Gasteiger partial charge in [0.25, 0.3) is 5.91 Å². The molecule has 5 rings (SSSR count). The molecule has 0 spiro atoms. The van der Waals surface area contributed by atoms with Gasteiger partial charge in [-0.25, -0.2) is 4.39 Å². The maximum absolute atomic E-state index is 14.4. The van der Waals surface area contributed by atoms with Crippen molar-refractivity contribution in [3.8, 4) is 16.5 Å². The third-order valence-electron chi connectivity index (χ3n) is 6.37. The molecule has 1 fully saturated rings. The van der Waals surface area contributed by atoms with Crippen molar-refractivity contribution in [2.24, 2.45) is 0 Å². The Hall–Kier alpha value is -3.71. The number of carbonyl (C=O) groups is 1. The third kappa shape index (κ3) is 5.98. The number of fused-ring (bicyclic) bond motifs is 1. The maximum atomic E-state index is 14.4. The molecule has 1 saturated heterocycles. The topological polar surface area (TPSA) is 101 Å². The number of thiophene rings is 1. The molecular weight excluding hydrogens is 538 g/mol. The summed E-state index contributed by atoms with van der Waals surface area (Å²) in [5.41, 5.74) is 0.870. The van der Waals surface area contributed by atoms with Gasteiger partial charge in [0.2, 0.25) is 11.7 Å². The maximum Gasteiger partial charge on any atom is 0.393 e. The molecule has 13 heteroatoms. The van der Waals surface area contributed by atoms with Gasteiger partial charge in [0.15, 0.2) is 0 Å². The van der Waals surface area contributed by atoms with E-state index in [4.69, 9.17) is 9.26 Å². The van der Waals surface area contributed by atoms with E-state index in [1.807, 2.05) is 0 Å². The van der Waals surface area contributed by atoms with Crippen LogP contribution in [0.25, 0.3) is 20.8 Å². The van der Waals surface area contributed by atoms with Gasteiger partial charge in [-0.1, -0.05) is 29.4 Å². The molecule has 4 aromatic rings. The largest absolute Gasteiger partial charge is 0.496 e. The summed E-state index contributed by atoms with van der Waals surface area (Å²) in [5.74, 6) is -0.0481. The fourth-order valence-corrected chi connectivity index (χ4v) is 5.75. The molecule has 8 nitrogen and oxygen atoms in total. The van der Waals surface area contributed by atoms with E-state index in [1.54, 1.807) is 42.5 Å². The van der Waals surface area contributed by atoms with Crippen LogP contribution in [0.1, 0.15) is 28.2 Å². The van der Waals surface area contributed by atoms with E-state index in [2.05, 4.69) is 26.1 Å². The Morgan fingerprint density at radius 1 is 1.23 bits per heavy atom. The summed E-state index contributed by atoms with van der Waals surface area (Å²) in [6, 6.07) is 11.2. The highest BCUT2D eigenvalue weighted by Gasteiger charge is 2.33. The zero-order chi connectivity index (χ0) is 27.6. The molecular formula is C26H25F4N5O3S. The lowest BCUT2D eigenvalue weighted by molar-refractivity contribution is -0.126.